The van der Waals surface area contributed by atoms with Gasteiger partial charge in [-0.05, 0) is 36.5 Å². The van der Waals surface area contributed by atoms with Crippen molar-refractivity contribution >= 4 is 16.7 Å². The third-order valence-corrected chi connectivity index (χ3v) is 6.13. The molecule has 1 saturated heterocycles. The van der Waals surface area contributed by atoms with E-state index in [0.717, 1.165) is 31.3 Å². The van der Waals surface area contributed by atoms with Gasteiger partial charge in [0.15, 0.2) is 0 Å². The van der Waals surface area contributed by atoms with Gasteiger partial charge in [0.2, 0.25) is 5.91 Å². The molecule has 3 heterocycles. The van der Waals surface area contributed by atoms with Gasteiger partial charge in [-0.1, -0.05) is 42.5 Å². The highest BCUT2D eigenvalue weighted by Gasteiger charge is 2.35. The van der Waals surface area contributed by atoms with Crippen LogP contribution in [-0.2, 0) is 24.4 Å². The maximum absolute atomic E-state index is 13.3. The summed E-state index contributed by atoms with van der Waals surface area (Å²) in [5, 5.41) is 5.88. The van der Waals surface area contributed by atoms with Gasteiger partial charge in [0.1, 0.15) is 0 Å². The van der Waals surface area contributed by atoms with Crippen LogP contribution in [-0.4, -0.2) is 44.6 Å². The Bertz CT molecular complexity index is 1120. The normalized spacial score (nSPS) is 19.4. The lowest BCUT2D eigenvalue weighted by atomic mass is 9.93. The molecule has 0 spiro atoms. The Hall–Kier alpha value is -2.99. The van der Waals surface area contributed by atoms with Gasteiger partial charge >= 0.3 is 0 Å². The Kier molecular flexibility index (Phi) is 4.64. The van der Waals surface area contributed by atoms with Crippen molar-refractivity contribution in [2.45, 2.75) is 38.5 Å². The molecular weight excluding hydrogens is 364 g/mol. The third-order valence-electron chi connectivity index (χ3n) is 6.13. The maximum atomic E-state index is 13.3. The van der Waals surface area contributed by atoms with Gasteiger partial charge in [0, 0.05) is 25.0 Å². The van der Waals surface area contributed by atoms with Crippen LogP contribution in [0.5, 0.6) is 0 Å². The molecule has 0 bridgehead atoms. The number of amides is 1. The van der Waals surface area contributed by atoms with Crippen LogP contribution in [0.4, 0.5) is 0 Å². The fourth-order valence-corrected chi connectivity index (χ4v) is 4.52. The molecule has 2 aliphatic rings. The second-order valence-electron chi connectivity index (χ2n) is 7.95. The lowest BCUT2D eigenvalue weighted by molar-refractivity contribution is -0.137. The van der Waals surface area contributed by atoms with Crippen LogP contribution in [0.1, 0.15) is 24.0 Å². The molecule has 1 amide bonds. The van der Waals surface area contributed by atoms with Crippen molar-refractivity contribution in [1.29, 1.82) is 0 Å². The molecule has 1 fully saturated rings. The topological polar surface area (TPSA) is 58.4 Å². The van der Waals surface area contributed by atoms with E-state index in [9.17, 15) is 9.59 Å². The minimum atomic E-state index is -0.261. The number of carbonyl (C=O) groups excluding carboxylic acids is 1. The monoisotopic (exact) mass is 388 g/mol. The van der Waals surface area contributed by atoms with E-state index < -0.39 is 0 Å². The van der Waals surface area contributed by atoms with Crippen molar-refractivity contribution in [2.24, 2.45) is 0 Å². The Labute approximate surface area is 169 Å². The first kappa shape index (κ1) is 18.1. The van der Waals surface area contributed by atoms with Gasteiger partial charge in [0.25, 0.3) is 5.56 Å². The number of hydrogen-bond donors (Lipinski definition) is 0. The number of carbonyl (C=O) groups is 1. The van der Waals surface area contributed by atoms with E-state index in [0.29, 0.717) is 25.0 Å². The molecule has 0 radical (unpaired) electrons. The molecule has 6 heteroatoms. The highest BCUT2D eigenvalue weighted by molar-refractivity contribution is 5.83. The molecule has 2 aliphatic heterocycles. The molecule has 1 atom stereocenters. The van der Waals surface area contributed by atoms with Crippen molar-refractivity contribution < 1.29 is 4.79 Å². The third kappa shape index (κ3) is 3.34. The second kappa shape index (κ2) is 7.44. The van der Waals surface area contributed by atoms with E-state index in [2.05, 4.69) is 22.1 Å². The Morgan fingerprint density at radius 2 is 1.72 bits per heavy atom. The van der Waals surface area contributed by atoms with Gasteiger partial charge in [-0.15, -0.1) is 0 Å². The Morgan fingerprint density at radius 1 is 1.00 bits per heavy atom. The van der Waals surface area contributed by atoms with Crippen LogP contribution in [0.15, 0.2) is 59.5 Å². The smallest absolute Gasteiger partial charge is 0.275 e. The molecule has 148 valence electrons. The van der Waals surface area contributed by atoms with E-state index in [-0.39, 0.29) is 17.5 Å². The van der Waals surface area contributed by atoms with Crippen molar-refractivity contribution in [1.82, 2.24) is 19.6 Å². The van der Waals surface area contributed by atoms with Crippen LogP contribution < -0.4 is 5.56 Å². The standard InChI is InChI=1S/C23H24N4O2/c28-22-20-10-4-3-8-18(20)14-24-27(22)16-26-15-19-9-2-1-7-17(19)13-21(26)23(29)25-11-5-6-12-25/h1-4,7-10,14,21H,5-6,11-13,15-16H2. The van der Waals surface area contributed by atoms with Crippen LogP contribution in [0.2, 0.25) is 0 Å². The number of benzene rings is 2. The number of aromatic nitrogens is 2. The first-order valence-corrected chi connectivity index (χ1v) is 10.3. The predicted octanol–water partition coefficient (Wildman–Crippen LogP) is 2.40. The van der Waals surface area contributed by atoms with E-state index in [1.807, 2.05) is 41.3 Å². The predicted molar refractivity (Wildman–Crippen MR) is 111 cm³/mol. The maximum Gasteiger partial charge on any atom is 0.275 e. The summed E-state index contributed by atoms with van der Waals surface area (Å²) in [7, 11) is 0. The van der Waals surface area contributed by atoms with Crippen molar-refractivity contribution in [2.75, 3.05) is 13.1 Å². The van der Waals surface area contributed by atoms with Gasteiger partial charge in [-0.25, -0.2) is 4.68 Å². The van der Waals surface area contributed by atoms with Crippen molar-refractivity contribution in [3.63, 3.8) is 0 Å². The van der Waals surface area contributed by atoms with Crippen LogP contribution >= 0.6 is 0 Å². The van der Waals surface area contributed by atoms with Crippen molar-refractivity contribution in [3.05, 3.63) is 76.2 Å². The highest BCUT2D eigenvalue weighted by atomic mass is 16.2. The fraction of sp³-hybridized carbons (Fsp3) is 0.348. The summed E-state index contributed by atoms with van der Waals surface area (Å²) in [6.07, 6.45) is 4.54. The molecule has 1 aromatic heterocycles. The Balaban J connectivity index is 1.50. The summed E-state index contributed by atoms with van der Waals surface area (Å²) in [6.45, 7) is 2.61. The molecule has 29 heavy (non-hydrogen) atoms. The number of hydrogen-bond acceptors (Lipinski definition) is 4. The van der Waals surface area contributed by atoms with E-state index in [1.54, 1.807) is 6.20 Å². The first-order valence-electron chi connectivity index (χ1n) is 10.3. The average molecular weight is 388 g/mol. The van der Waals surface area contributed by atoms with E-state index in [1.165, 1.54) is 15.8 Å². The Morgan fingerprint density at radius 3 is 2.55 bits per heavy atom. The zero-order valence-electron chi connectivity index (χ0n) is 16.3. The summed E-state index contributed by atoms with van der Waals surface area (Å²) in [5.74, 6) is 0.172. The summed E-state index contributed by atoms with van der Waals surface area (Å²) < 4.78 is 1.49. The fourth-order valence-electron chi connectivity index (χ4n) is 4.52. The lowest BCUT2D eigenvalue weighted by Crippen LogP contribution is -2.52. The van der Waals surface area contributed by atoms with Gasteiger partial charge < -0.3 is 4.90 Å². The van der Waals surface area contributed by atoms with Crippen LogP contribution in [0.25, 0.3) is 10.8 Å². The summed E-state index contributed by atoms with van der Waals surface area (Å²) >= 11 is 0. The van der Waals surface area contributed by atoms with Crippen LogP contribution in [0, 0.1) is 0 Å². The number of rotatable bonds is 3. The lowest BCUT2D eigenvalue weighted by Gasteiger charge is -2.37. The molecule has 1 unspecified atom stereocenters. The van der Waals surface area contributed by atoms with Crippen molar-refractivity contribution in [3.8, 4) is 0 Å². The molecule has 2 aromatic carbocycles. The van der Waals surface area contributed by atoms with Gasteiger partial charge in [-0.3, -0.25) is 14.5 Å². The second-order valence-corrected chi connectivity index (χ2v) is 7.95. The molecule has 6 nitrogen and oxygen atoms in total. The molecule has 0 N–H and O–H groups in total. The van der Waals surface area contributed by atoms with E-state index in [4.69, 9.17) is 0 Å². The molecular formula is C23H24N4O2. The minimum Gasteiger partial charge on any atom is -0.341 e. The average Bonchev–Trinajstić information content (AvgIpc) is 3.30. The quantitative estimate of drug-likeness (QED) is 0.691. The number of fused-ring (bicyclic) bond motifs is 2. The number of nitrogens with zero attached hydrogens (tertiary/aromatic N) is 4. The molecule has 0 aliphatic carbocycles. The zero-order valence-corrected chi connectivity index (χ0v) is 16.3. The van der Waals surface area contributed by atoms with Crippen LogP contribution in [0.3, 0.4) is 0 Å². The van der Waals surface area contributed by atoms with Gasteiger partial charge in [-0.2, -0.15) is 5.10 Å². The van der Waals surface area contributed by atoms with Gasteiger partial charge in [0.05, 0.1) is 24.3 Å². The zero-order chi connectivity index (χ0) is 19.8. The largest absolute Gasteiger partial charge is 0.341 e. The highest BCUT2D eigenvalue weighted by Crippen LogP contribution is 2.26. The summed E-state index contributed by atoms with van der Waals surface area (Å²) in [6, 6.07) is 15.5. The molecule has 0 saturated carbocycles. The minimum absolute atomic E-state index is 0.116. The molecule has 5 rings (SSSR count). The summed E-state index contributed by atoms with van der Waals surface area (Å²) in [4.78, 5) is 30.3. The first-order chi connectivity index (χ1) is 14.2. The molecule has 3 aromatic rings. The number of likely N-dealkylation sites (tertiary alicyclic amines) is 1. The summed E-state index contributed by atoms with van der Waals surface area (Å²) in [5.41, 5.74) is 2.32. The van der Waals surface area contributed by atoms with E-state index >= 15 is 0 Å². The SMILES string of the molecule is O=C(C1Cc2ccccc2CN1Cn1ncc2ccccc2c1=O)N1CCCC1.